The number of nitrogens with one attached hydrogen (secondary N) is 1. The van der Waals surface area contributed by atoms with Crippen molar-refractivity contribution in [1.82, 2.24) is 14.7 Å². The topological polar surface area (TPSA) is 126 Å². The van der Waals surface area contributed by atoms with Crippen molar-refractivity contribution in [3.05, 3.63) is 70.5 Å². The van der Waals surface area contributed by atoms with Crippen LogP contribution in [0.25, 0.3) is 5.69 Å². The van der Waals surface area contributed by atoms with Crippen molar-refractivity contribution in [2.75, 3.05) is 36.4 Å². The number of carbonyl (C=O) groups is 2. The van der Waals surface area contributed by atoms with Gasteiger partial charge in [0.2, 0.25) is 0 Å². The smallest absolute Gasteiger partial charge is 0.259 e. The monoisotopic (exact) mass is 534 g/mol. The number of benzene rings is 2. The molecule has 3 heterocycles. The van der Waals surface area contributed by atoms with Crippen LogP contribution in [0.1, 0.15) is 47.3 Å². The largest absolute Gasteiger partial charge is 0.412 e. The minimum atomic E-state index is -0.282. The molecule has 3 N–H and O–H groups in total. The first-order valence-electron chi connectivity index (χ1n) is 12.6. The molecule has 2 aliphatic heterocycles. The summed E-state index contributed by atoms with van der Waals surface area (Å²) in [5.74, 6) is 0.0836. The zero-order valence-electron chi connectivity index (χ0n) is 21.3. The molecule has 1 aromatic heterocycles. The lowest BCUT2D eigenvalue weighted by molar-refractivity contribution is -0.122. The Morgan fingerprint density at radius 3 is 2.42 bits per heavy atom. The Labute approximate surface area is 226 Å². The Morgan fingerprint density at radius 2 is 1.76 bits per heavy atom. The average Bonchev–Trinajstić information content (AvgIpc) is 3.31. The van der Waals surface area contributed by atoms with Gasteiger partial charge in [0.25, 0.3) is 5.91 Å². The third-order valence-electron chi connectivity index (χ3n) is 7.38. The third kappa shape index (κ3) is 5.73. The van der Waals surface area contributed by atoms with E-state index in [0.717, 1.165) is 50.4 Å². The van der Waals surface area contributed by atoms with Crippen molar-refractivity contribution in [2.24, 2.45) is 0 Å². The summed E-state index contributed by atoms with van der Waals surface area (Å²) in [4.78, 5) is 29.3. The highest BCUT2D eigenvalue weighted by Gasteiger charge is 2.28. The first kappa shape index (κ1) is 27.3. The second-order valence-corrected chi connectivity index (χ2v) is 10.1. The number of halogens is 1. The molecule has 2 saturated heterocycles. The highest BCUT2D eigenvalue weighted by molar-refractivity contribution is 6.30. The summed E-state index contributed by atoms with van der Waals surface area (Å²) in [5, 5.41) is 17.8. The van der Waals surface area contributed by atoms with Gasteiger partial charge in [0.05, 0.1) is 34.4 Å². The number of ketones is 1. The zero-order chi connectivity index (χ0) is 25.9. The molecule has 2 fully saturated rings. The number of amides is 1. The summed E-state index contributed by atoms with van der Waals surface area (Å²) >= 11 is 5.98. The third-order valence-corrected chi connectivity index (χ3v) is 7.63. The van der Waals surface area contributed by atoms with Gasteiger partial charge in [-0.1, -0.05) is 11.6 Å². The van der Waals surface area contributed by atoms with Gasteiger partial charge in [0, 0.05) is 55.8 Å². The maximum atomic E-state index is 13.0. The molecule has 10 heteroatoms. The van der Waals surface area contributed by atoms with Crippen LogP contribution in [0.4, 0.5) is 11.4 Å². The fraction of sp³-hybridized carbons (Fsp3) is 0.357. The molecular formula is C28H31ClN6O3. The second-order valence-electron chi connectivity index (χ2n) is 9.62. The van der Waals surface area contributed by atoms with Gasteiger partial charge in [0.1, 0.15) is 11.9 Å². The van der Waals surface area contributed by atoms with Crippen molar-refractivity contribution in [2.45, 2.75) is 38.6 Å². The number of Topliss-reactive ketones (excluding diaryl/α,β-unsaturated/α-hetero) is 1. The Kier molecular flexibility index (Phi) is 8.47. The van der Waals surface area contributed by atoms with E-state index in [9.17, 15) is 14.9 Å². The second kappa shape index (κ2) is 11.8. The molecular weight excluding hydrogens is 504 g/mol. The van der Waals surface area contributed by atoms with Crippen molar-refractivity contribution in [1.29, 1.82) is 5.26 Å². The molecule has 2 aliphatic rings. The number of aromatic nitrogens is 2. The van der Waals surface area contributed by atoms with Crippen LogP contribution in [0.15, 0.2) is 48.7 Å². The van der Waals surface area contributed by atoms with Crippen LogP contribution in [0, 0.1) is 18.3 Å². The highest BCUT2D eigenvalue weighted by atomic mass is 35.5. The Hall–Kier alpha value is -3.71. The first-order valence-corrected chi connectivity index (χ1v) is 13.0. The molecule has 9 nitrogen and oxygen atoms in total. The van der Waals surface area contributed by atoms with E-state index < -0.39 is 0 Å². The van der Waals surface area contributed by atoms with Gasteiger partial charge in [-0.15, -0.1) is 0 Å². The van der Waals surface area contributed by atoms with Gasteiger partial charge in [-0.2, -0.15) is 10.4 Å². The number of hydrogen-bond acceptors (Lipinski definition) is 6. The highest BCUT2D eigenvalue weighted by Crippen LogP contribution is 2.29. The standard InChI is InChI=1S/C28H29ClN6O2.H2O/c1-19-26(18-31-35(19)24-5-2-21(29)3-6-24)28(37)32-22-4-7-27(20(16-22)17-30)34-12-8-23(9-13-34)33-14-10-25(36)11-15-33;/h2-7,16,18,23H,8-15H2,1H3,(H,32,37);1H2. The predicted octanol–water partition coefficient (Wildman–Crippen LogP) is 3.77. The number of nitriles is 1. The summed E-state index contributed by atoms with van der Waals surface area (Å²) in [5.41, 5.74) is 3.97. The van der Waals surface area contributed by atoms with Gasteiger partial charge < -0.3 is 15.7 Å². The quantitative estimate of drug-likeness (QED) is 0.531. The average molecular weight is 535 g/mol. The normalized spacial score (nSPS) is 16.6. The number of hydrogen-bond donors (Lipinski definition) is 1. The van der Waals surface area contributed by atoms with Crippen LogP contribution in [-0.2, 0) is 4.79 Å². The molecule has 0 atom stereocenters. The summed E-state index contributed by atoms with van der Waals surface area (Å²) < 4.78 is 1.69. The van der Waals surface area contributed by atoms with E-state index in [1.165, 1.54) is 0 Å². The first-order chi connectivity index (χ1) is 17.9. The molecule has 38 heavy (non-hydrogen) atoms. The van der Waals surface area contributed by atoms with E-state index in [0.29, 0.717) is 52.2 Å². The molecule has 1 amide bonds. The number of carbonyl (C=O) groups excluding carboxylic acids is 2. The number of anilines is 2. The summed E-state index contributed by atoms with van der Waals surface area (Å²) in [6, 6.07) is 15.5. The van der Waals surface area contributed by atoms with Crippen LogP contribution in [0.5, 0.6) is 0 Å². The fourth-order valence-electron chi connectivity index (χ4n) is 5.26. The lowest BCUT2D eigenvalue weighted by atomic mass is 9.98. The zero-order valence-corrected chi connectivity index (χ0v) is 22.0. The Balaban J connectivity index is 0.00000336. The molecule has 3 aromatic rings. The van der Waals surface area contributed by atoms with Crippen molar-refractivity contribution in [3.8, 4) is 11.8 Å². The van der Waals surface area contributed by atoms with Crippen molar-refractivity contribution >= 4 is 34.7 Å². The molecule has 2 aromatic carbocycles. The number of piperidine rings is 2. The Bertz CT molecular complexity index is 1350. The summed E-state index contributed by atoms with van der Waals surface area (Å²) in [6.45, 7) is 5.28. The molecule has 0 saturated carbocycles. The summed E-state index contributed by atoms with van der Waals surface area (Å²) in [6.07, 6.45) is 4.88. The maximum Gasteiger partial charge on any atom is 0.259 e. The number of rotatable bonds is 5. The molecule has 0 unspecified atom stereocenters. The summed E-state index contributed by atoms with van der Waals surface area (Å²) in [7, 11) is 0. The number of likely N-dealkylation sites (tertiary alicyclic amines) is 1. The van der Waals surface area contributed by atoms with E-state index in [1.54, 1.807) is 29.1 Å². The van der Waals surface area contributed by atoms with Crippen LogP contribution in [-0.4, -0.2) is 64.1 Å². The van der Waals surface area contributed by atoms with Gasteiger partial charge in [-0.3, -0.25) is 14.5 Å². The predicted molar refractivity (Wildman–Crippen MR) is 147 cm³/mol. The minimum absolute atomic E-state index is 0. The van der Waals surface area contributed by atoms with Gasteiger partial charge in [0.15, 0.2) is 0 Å². The molecule has 5 rings (SSSR count). The minimum Gasteiger partial charge on any atom is -0.412 e. The molecule has 0 aliphatic carbocycles. The molecule has 0 radical (unpaired) electrons. The molecule has 198 valence electrons. The van der Waals surface area contributed by atoms with Gasteiger partial charge >= 0.3 is 0 Å². The van der Waals surface area contributed by atoms with Gasteiger partial charge in [-0.05, 0) is 62.2 Å². The van der Waals surface area contributed by atoms with Crippen LogP contribution in [0.2, 0.25) is 5.02 Å². The number of nitrogens with zero attached hydrogens (tertiary/aromatic N) is 5. The molecule has 0 spiro atoms. The van der Waals surface area contributed by atoms with E-state index in [4.69, 9.17) is 11.6 Å². The lowest BCUT2D eigenvalue weighted by Crippen LogP contribution is -2.48. The van der Waals surface area contributed by atoms with E-state index in [2.05, 4.69) is 26.3 Å². The van der Waals surface area contributed by atoms with E-state index >= 15 is 0 Å². The molecule has 0 bridgehead atoms. The lowest BCUT2D eigenvalue weighted by Gasteiger charge is -2.40. The van der Waals surface area contributed by atoms with Crippen molar-refractivity contribution < 1.29 is 15.1 Å². The van der Waals surface area contributed by atoms with Crippen LogP contribution in [0.3, 0.4) is 0 Å². The van der Waals surface area contributed by atoms with Gasteiger partial charge in [-0.25, -0.2) is 4.68 Å². The fourth-order valence-corrected chi connectivity index (χ4v) is 5.39. The Morgan fingerprint density at radius 1 is 1.08 bits per heavy atom. The van der Waals surface area contributed by atoms with E-state index in [1.807, 2.05) is 31.2 Å². The van der Waals surface area contributed by atoms with Crippen LogP contribution < -0.4 is 10.2 Å². The van der Waals surface area contributed by atoms with E-state index in [-0.39, 0.29) is 11.4 Å². The van der Waals surface area contributed by atoms with Crippen LogP contribution >= 0.6 is 11.6 Å². The van der Waals surface area contributed by atoms with Crippen molar-refractivity contribution in [3.63, 3.8) is 0 Å². The SMILES string of the molecule is Cc1c(C(=O)Nc2ccc(N3CCC(N4CCC(=O)CC4)CC3)c(C#N)c2)cnn1-c1ccc(Cl)cc1.O. The maximum absolute atomic E-state index is 13.0.